The molecule has 0 unspecified atom stereocenters. The predicted octanol–water partition coefficient (Wildman–Crippen LogP) is 6.09. The van der Waals surface area contributed by atoms with Crippen molar-refractivity contribution < 1.29 is 4.74 Å². The van der Waals surface area contributed by atoms with E-state index in [4.69, 9.17) is 4.74 Å². The van der Waals surface area contributed by atoms with Crippen LogP contribution >= 0.6 is 0 Å². The van der Waals surface area contributed by atoms with Gasteiger partial charge in [-0.25, -0.2) is 0 Å². The van der Waals surface area contributed by atoms with Crippen molar-refractivity contribution in [1.82, 2.24) is 5.32 Å². The Morgan fingerprint density at radius 1 is 1.07 bits per heavy atom. The van der Waals surface area contributed by atoms with E-state index in [9.17, 15) is 0 Å². The Morgan fingerprint density at radius 2 is 1.93 bits per heavy atom. The minimum atomic E-state index is -0.0214. The van der Waals surface area contributed by atoms with E-state index in [1.54, 1.807) is 5.57 Å². The van der Waals surface area contributed by atoms with Gasteiger partial charge in [-0.2, -0.15) is 0 Å². The van der Waals surface area contributed by atoms with Crippen molar-refractivity contribution in [3.63, 3.8) is 0 Å². The summed E-state index contributed by atoms with van der Waals surface area (Å²) >= 11 is 0. The van der Waals surface area contributed by atoms with Gasteiger partial charge in [0.2, 0.25) is 0 Å². The number of nitrogens with one attached hydrogen (secondary N) is 1. The number of piperidine rings is 1. The molecule has 4 aliphatic carbocycles. The van der Waals surface area contributed by atoms with Gasteiger partial charge >= 0.3 is 0 Å². The molecule has 2 heterocycles. The maximum atomic E-state index is 7.01. The minimum absolute atomic E-state index is 0.0214. The summed E-state index contributed by atoms with van der Waals surface area (Å²) in [5, 5.41) is 3.90. The molecule has 2 aliphatic heterocycles. The van der Waals surface area contributed by atoms with E-state index in [1.807, 2.05) is 0 Å². The van der Waals surface area contributed by atoms with Crippen molar-refractivity contribution >= 4 is 0 Å². The van der Waals surface area contributed by atoms with E-state index in [0.717, 1.165) is 36.1 Å². The molecule has 2 saturated carbocycles. The van der Waals surface area contributed by atoms with Crippen LogP contribution in [-0.4, -0.2) is 18.4 Å². The second-order valence-electron chi connectivity index (χ2n) is 12.3. The van der Waals surface area contributed by atoms with Crippen molar-refractivity contribution in [2.45, 2.75) is 90.9 Å². The van der Waals surface area contributed by atoms with Gasteiger partial charge in [0.1, 0.15) is 5.72 Å². The van der Waals surface area contributed by atoms with Crippen molar-refractivity contribution in [3.8, 4) is 0 Å². The summed E-state index contributed by atoms with van der Waals surface area (Å²) < 4.78 is 7.01. The lowest BCUT2D eigenvalue weighted by Crippen LogP contribution is -2.56. The van der Waals surface area contributed by atoms with Crippen LogP contribution in [0.3, 0.4) is 0 Å². The Kier molecular flexibility index (Phi) is 4.10. The van der Waals surface area contributed by atoms with Gasteiger partial charge in [-0.05, 0) is 97.4 Å². The molecule has 0 aromatic heterocycles. The first-order valence-electron chi connectivity index (χ1n) is 12.7. The van der Waals surface area contributed by atoms with Gasteiger partial charge in [-0.3, -0.25) is 5.32 Å². The van der Waals surface area contributed by atoms with Crippen LogP contribution in [0.4, 0.5) is 0 Å². The lowest BCUT2D eigenvalue weighted by atomic mass is 9.47. The fraction of sp³-hybridized carbons (Fsp3) is 0.852. The molecule has 2 saturated heterocycles. The second kappa shape index (κ2) is 6.22. The van der Waals surface area contributed by atoms with Crippen LogP contribution in [0.1, 0.15) is 79.1 Å². The molecule has 0 aromatic rings. The highest BCUT2D eigenvalue weighted by atomic mass is 16.5. The van der Waals surface area contributed by atoms with Crippen molar-refractivity contribution in [2.75, 3.05) is 6.54 Å². The third kappa shape index (κ3) is 2.42. The molecule has 1 spiro atoms. The number of ether oxygens (including phenoxy) is 1. The SMILES string of the molecule is C[C@@H]1CC[C@@]2(NC1)O[C@H]1C[C@H]3[C@@H]4CC=C5C=CCC[C@]5(C)[C@H]4CC[C@]3(C)[C@H]1[C@@H]2C. The lowest BCUT2D eigenvalue weighted by molar-refractivity contribution is -0.114. The monoisotopic (exact) mass is 395 g/mol. The van der Waals surface area contributed by atoms with Crippen molar-refractivity contribution in [2.24, 2.45) is 46.3 Å². The van der Waals surface area contributed by atoms with E-state index in [0.29, 0.717) is 22.9 Å². The summed E-state index contributed by atoms with van der Waals surface area (Å²) in [4.78, 5) is 0. The quantitative estimate of drug-likeness (QED) is 0.536. The molecule has 0 bridgehead atoms. The standard InChI is InChI=1S/C27H41NO/c1-17-10-14-27(28-16-17)18(2)24-23(29-27)15-22-20-9-8-19-7-5-6-12-25(19,3)21(20)11-13-26(22,24)4/h5,7-8,17-18,20-24,28H,6,9-16H2,1-4H3/t17-,18+,20-,21+,22+,23+,24+,25+,26+,27-/m1/s1. The summed E-state index contributed by atoms with van der Waals surface area (Å²) in [6, 6.07) is 0. The molecule has 2 heteroatoms. The highest BCUT2D eigenvalue weighted by Crippen LogP contribution is 2.69. The first-order valence-corrected chi connectivity index (χ1v) is 12.7. The molecule has 2 nitrogen and oxygen atoms in total. The molecule has 0 radical (unpaired) electrons. The van der Waals surface area contributed by atoms with E-state index >= 15 is 0 Å². The molecule has 1 N–H and O–H groups in total. The Balaban J connectivity index is 1.30. The summed E-state index contributed by atoms with van der Waals surface area (Å²) in [5.74, 6) is 4.82. The van der Waals surface area contributed by atoms with Gasteiger partial charge in [0.05, 0.1) is 6.10 Å². The zero-order valence-electron chi connectivity index (χ0n) is 19.0. The smallest absolute Gasteiger partial charge is 0.122 e. The average molecular weight is 396 g/mol. The van der Waals surface area contributed by atoms with Crippen LogP contribution in [0.25, 0.3) is 0 Å². The molecule has 29 heavy (non-hydrogen) atoms. The van der Waals surface area contributed by atoms with Gasteiger partial charge < -0.3 is 4.74 Å². The summed E-state index contributed by atoms with van der Waals surface area (Å²) in [7, 11) is 0. The highest BCUT2D eigenvalue weighted by molar-refractivity contribution is 5.34. The van der Waals surface area contributed by atoms with Crippen LogP contribution < -0.4 is 5.32 Å². The Bertz CT molecular complexity index is 746. The van der Waals surface area contributed by atoms with Crippen LogP contribution in [0, 0.1) is 46.3 Å². The summed E-state index contributed by atoms with van der Waals surface area (Å²) in [6.07, 6.45) is 18.7. The Labute approximate surface area is 177 Å². The molecule has 6 aliphatic rings. The van der Waals surface area contributed by atoms with Crippen LogP contribution in [-0.2, 0) is 4.74 Å². The molecule has 160 valence electrons. The molecule has 0 amide bonds. The number of hydrogen-bond acceptors (Lipinski definition) is 2. The molecule has 10 atom stereocenters. The fourth-order valence-electron chi connectivity index (χ4n) is 9.50. The number of hydrogen-bond donors (Lipinski definition) is 1. The van der Waals surface area contributed by atoms with E-state index < -0.39 is 0 Å². The van der Waals surface area contributed by atoms with E-state index in [-0.39, 0.29) is 5.72 Å². The lowest BCUT2D eigenvalue weighted by Gasteiger charge is -2.57. The third-order valence-corrected chi connectivity index (χ3v) is 11.1. The normalized spacial score (nSPS) is 58.3. The molecule has 4 fully saturated rings. The third-order valence-electron chi connectivity index (χ3n) is 11.1. The molecular weight excluding hydrogens is 354 g/mol. The summed E-state index contributed by atoms with van der Waals surface area (Å²) in [6.45, 7) is 11.3. The first-order chi connectivity index (χ1) is 13.9. The predicted molar refractivity (Wildman–Crippen MR) is 118 cm³/mol. The van der Waals surface area contributed by atoms with E-state index in [1.165, 1.54) is 51.4 Å². The number of rotatable bonds is 0. The van der Waals surface area contributed by atoms with Gasteiger partial charge in [0.15, 0.2) is 0 Å². The fourth-order valence-corrected chi connectivity index (χ4v) is 9.50. The van der Waals surface area contributed by atoms with Gasteiger partial charge in [-0.15, -0.1) is 0 Å². The molecule has 6 rings (SSSR count). The number of fused-ring (bicyclic) bond motifs is 7. The Hall–Kier alpha value is -0.600. The molecule has 0 aromatic carbocycles. The summed E-state index contributed by atoms with van der Waals surface area (Å²) in [5.41, 5.74) is 2.56. The van der Waals surface area contributed by atoms with Gasteiger partial charge in [-0.1, -0.05) is 45.9 Å². The van der Waals surface area contributed by atoms with Gasteiger partial charge in [0, 0.05) is 12.5 Å². The van der Waals surface area contributed by atoms with E-state index in [2.05, 4.69) is 51.2 Å². The minimum Gasteiger partial charge on any atom is -0.357 e. The largest absolute Gasteiger partial charge is 0.357 e. The Morgan fingerprint density at radius 3 is 2.72 bits per heavy atom. The zero-order chi connectivity index (χ0) is 20.0. The van der Waals surface area contributed by atoms with Crippen LogP contribution in [0.15, 0.2) is 23.8 Å². The second-order valence-corrected chi connectivity index (χ2v) is 12.3. The maximum Gasteiger partial charge on any atom is 0.122 e. The number of allylic oxidation sites excluding steroid dienone is 4. The van der Waals surface area contributed by atoms with Crippen LogP contribution in [0.5, 0.6) is 0 Å². The molecular formula is C27H41NO. The van der Waals surface area contributed by atoms with Gasteiger partial charge in [0.25, 0.3) is 0 Å². The average Bonchev–Trinajstić information content (AvgIpc) is 3.15. The topological polar surface area (TPSA) is 21.3 Å². The van der Waals surface area contributed by atoms with Crippen molar-refractivity contribution in [3.05, 3.63) is 23.8 Å². The zero-order valence-corrected chi connectivity index (χ0v) is 19.0. The first kappa shape index (κ1) is 19.1. The highest BCUT2D eigenvalue weighted by Gasteiger charge is 2.67. The van der Waals surface area contributed by atoms with Crippen LogP contribution in [0.2, 0.25) is 0 Å². The maximum absolute atomic E-state index is 7.01. The van der Waals surface area contributed by atoms with Crippen molar-refractivity contribution in [1.29, 1.82) is 0 Å².